The average molecular weight is 332 g/mol. The fraction of sp³-hybridized carbons (Fsp3) is 0.857. The van der Waals surface area contributed by atoms with Crippen LogP contribution in [0.2, 0.25) is 0 Å². The average Bonchev–Trinajstić information content (AvgIpc) is 2.88. The van der Waals surface area contributed by atoms with Crippen molar-refractivity contribution in [2.75, 3.05) is 13.2 Å². The maximum Gasteiger partial charge on any atom is 0.139 e. The van der Waals surface area contributed by atoms with Gasteiger partial charge in [-0.1, -0.05) is 25.5 Å². The third-order valence-corrected chi connectivity index (χ3v) is 8.20. The zero-order valence-electron chi connectivity index (χ0n) is 15.2. The van der Waals surface area contributed by atoms with Gasteiger partial charge in [0, 0.05) is 11.8 Å². The molecule has 134 valence electrons. The van der Waals surface area contributed by atoms with Crippen LogP contribution in [0.5, 0.6) is 0 Å². The number of allylic oxidation sites excluding steroid dienone is 1. The standard InChI is InChI=1S/C21H32O3/c1-20-9-7-15(24-12-11-22)13-14(20)3-4-16-17-5-6-19(23)21(17,2)10-8-18(16)20/h13,15-18,22H,3-12H2,1-2H3/t15?,16-,17-,18+,20-,21-/m0/s1. The lowest BCUT2D eigenvalue weighted by atomic mass is 9.47. The van der Waals surface area contributed by atoms with Gasteiger partial charge in [-0.3, -0.25) is 4.79 Å². The fourth-order valence-electron chi connectivity index (χ4n) is 6.80. The maximum atomic E-state index is 12.5. The molecule has 3 nitrogen and oxygen atoms in total. The first-order chi connectivity index (χ1) is 11.5. The summed E-state index contributed by atoms with van der Waals surface area (Å²) in [6.45, 7) is 5.30. The van der Waals surface area contributed by atoms with E-state index < -0.39 is 0 Å². The van der Waals surface area contributed by atoms with E-state index >= 15 is 0 Å². The molecule has 6 atom stereocenters. The molecule has 0 aromatic heterocycles. The van der Waals surface area contributed by atoms with Crippen LogP contribution in [0.25, 0.3) is 0 Å². The van der Waals surface area contributed by atoms with Crippen LogP contribution in [0, 0.1) is 28.6 Å². The molecular formula is C21H32O3. The molecule has 0 aromatic rings. The van der Waals surface area contributed by atoms with Crippen LogP contribution in [-0.2, 0) is 9.53 Å². The number of Topliss-reactive ketones (excluding diaryl/α,β-unsaturated/α-hetero) is 1. The summed E-state index contributed by atoms with van der Waals surface area (Å²) >= 11 is 0. The number of hydrogen-bond donors (Lipinski definition) is 1. The molecule has 1 unspecified atom stereocenters. The molecule has 0 heterocycles. The zero-order valence-corrected chi connectivity index (χ0v) is 15.2. The Morgan fingerprint density at radius 3 is 2.62 bits per heavy atom. The predicted molar refractivity (Wildman–Crippen MR) is 93.5 cm³/mol. The van der Waals surface area contributed by atoms with Crippen molar-refractivity contribution in [3.05, 3.63) is 11.6 Å². The first-order valence-electron chi connectivity index (χ1n) is 9.96. The number of ether oxygens (including phenoxy) is 1. The molecule has 3 heteroatoms. The monoisotopic (exact) mass is 332 g/mol. The van der Waals surface area contributed by atoms with Crippen LogP contribution in [0.15, 0.2) is 11.6 Å². The van der Waals surface area contributed by atoms with Gasteiger partial charge in [0.05, 0.1) is 19.3 Å². The van der Waals surface area contributed by atoms with Crippen LogP contribution in [0.1, 0.15) is 65.2 Å². The predicted octanol–water partition coefficient (Wildman–Crippen LogP) is 3.90. The van der Waals surface area contributed by atoms with Crippen molar-refractivity contribution in [2.45, 2.75) is 71.3 Å². The smallest absolute Gasteiger partial charge is 0.139 e. The van der Waals surface area contributed by atoms with Gasteiger partial charge in [-0.2, -0.15) is 0 Å². The molecule has 0 spiro atoms. The summed E-state index contributed by atoms with van der Waals surface area (Å²) < 4.78 is 5.79. The Kier molecular flexibility index (Phi) is 4.16. The van der Waals surface area contributed by atoms with Gasteiger partial charge in [-0.05, 0) is 68.1 Å². The summed E-state index contributed by atoms with van der Waals surface area (Å²) in [6.07, 6.45) is 11.6. The minimum Gasteiger partial charge on any atom is -0.394 e. The van der Waals surface area contributed by atoms with Crippen molar-refractivity contribution >= 4 is 5.78 Å². The third-order valence-electron chi connectivity index (χ3n) is 8.20. The number of aliphatic hydroxyl groups is 1. The first kappa shape index (κ1) is 16.8. The van der Waals surface area contributed by atoms with E-state index in [0.717, 1.165) is 37.5 Å². The van der Waals surface area contributed by atoms with E-state index in [9.17, 15) is 4.79 Å². The van der Waals surface area contributed by atoms with E-state index in [4.69, 9.17) is 9.84 Å². The Morgan fingerprint density at radius 2 is 1.83 bits per heavy atom. The Morgan fingerprint density at radius 1 is 1.08 bits per heavy atom. The van der Waals surface area contributed by atoms with Gasteiger partial charge in [0.25, 0.3) is 0 Å². The number of carbonyl (C=O) groups is 1. The van der Waals surface area contributed by atoms with E-state index in [1.54, 1.807) is 5.57 Å². The van der Waals surface area contributed by atoms with Crippen LogP contribution >= 0.6 is 0 Å². The van der Waals surface area contributed by atoms with Gasteiger partial charge >= 0.3 is 0 Å². The van der Waals surface area contributed by atoms with Crippen molar-refractivity contribution in [3.8, 4) is 0 Å². The van der Waals surface area contributed by atoms with Gasteiger partial charge in [-0.15, -0.1) is 0 Å². The Labute approximate surface area is 145 Å². The molecule has 0 aliphatic heterocycles. The number of hydrogen-bond acceptors (Lipinski definition) is 3. The SMILES string of the molecule is C[C@]12CCC(OCCO)C=C1CC[C@@H]1[C@H]2CC[C@]2(C)C(=O)CC[C@@H]12. The van der Waals surface area contributed by atoms with E-state index in [-0.39, 0.29) is 18.1 Å². The molecule has 0 saturated heterocycles. The molecule has 0 amide bonds. The molecule has 3 saturated carbocycles. The zero-order chi connectivity index (χ0) is 16.9. The summed E-state index contributed by atoms with van der Waals surface area (Å²) in [6, 6.07) is 0. The lowest BCUT2D eigenvalue weighted by Crippen LogP contribution is -2.50. The highest BCUT2D eigenvalue weighted by Gasteiger charge is 2.58. The molecule has 1 N–H and O–H groups in total. The van der Waals surface area contributed by atoms with Crippen molar-refractivity contribution in [2.24, 2.45) is 28.6 Å². The second kappa shape index (κ2) is 5.95. The number of carbonyl (C=O) groups excluding carboxylic acids is 1. The molecule has 4 rings (SSSR count). The minimum absolute atomic E-state index is 0.0137. The van der Waals surface area contributed by atoms with E-state index in [2.05, 4.69) is 19.9 Å². The Balaban J connectivity index is 1.58. The van der Waals surface area contributed by atoms with Gasteiger partial charge in [0.1, 0.15) is 5.78 Å². The highest BCUT2D eigenvalue weighted by Crippen LogP contribution is 2.64. The molecular weight excluding hydrogens is 300 g/mol. The second-order valence-electron chi connectivity index (χ2n) is 9.11. The molecule has 4 aliphatic rings. The van der Waals surface area contributed by atoms with E-state index in [1.165, 1.54) is 25.7 Å². The van der Waals surface area contributed by atoms with Crippen molar-refractivity contribution in [3.63, 3.8) is 0 Å². The number of ketones is 1. The normalized spacial score (nSPS) is 47.6. The molecule has 3 fully saturated rings. The molecule has 0 aromatic carbocycles. The minimum atomic E-state index is -0.0137. The second-order valence-corrected chi connectivity index (χ2v) is 9.11. The highest BCUT2D eigenvalue weighted by molar-refractivity contribution is 5.87. The van der Waals surface area contributed by atoms with Crippen molar-refractivity contribution < 1.29 is 14.6 Å². The number of rotatable bonds is 3. The van der Waals surface area contributed by atoms with Gasteiger partial charge in [-0.25, -0.2) is 0 Å². The maximum absolute atomic E-state index is 12.5. The summed E-state index contributed by atoms with van der Waals surface area (Å²) in [5, 5.41) is 8.99. The van der Waals surface area contributed by atoms with Gasteiger partial charge in [0.2, 0.25) is 0 Å². The summed E-state index contributed by atoms with van der Waals surface area (Å²) in [5.74, 6) is 2.66. The first-order valence-corrected chi connectivity index (χ1v) is 9.96. The molecule has 0 radical (unpaired) electrons. The highest BCUT2D eigenvalue weighted by atomic mass is 16.5. The molecule has 4 aliphatic carbocycles. The van der Waals surface area contributed by atoms with Gasteiger partial charge in [0.15, 0.2) is 0 Å². The summed E-state index contributed by atoms with van der Waals surface area (Å²) in [5.41, 5.74) is 1.90. The van der Waals surface area contributed by atoms with E-state index in [0.29, 0.717) is 23.7 Å². The van der Waals surface area contributed by atoms with Crippen molar-refractivity contribution in [1.29, 1.82) is 0 Å². The molecule has 0 bridgehead atoms. The quantitative estimate of drug-likeness (QED) is 0.798. The topological polar surface area (TPSA) is 46.5 Å². The largest absolute Gasteiger partial charge is 0.394 e. The third kappa shape index (κ3) is 2.34. The fourth-order valence-corrected chi connectivity index (χ4v) is 6.80. The summed E-state index contributed by atoms with van der Waals surface area (Å²) in [7, 11) is 0. The lowest BCUT2D eigenvalue weighted by molar-refractivity contribution is -0.132. The lowest BCUT2D eigenvalue weighted by Gasteiger charge is -2.57. The van der Waals surface area contributed by atoms with Crippen LogP contribution < -0.4 is 0 Å². The number of aliphatic hydroxyl groups excluding tert-OH is 1. The van der Waals surface area contributed by atoms with Crippen LogP contribution in [0.3, 0.4) is 0 Å². The molecule has 24 heavy (non-hydrogen) atoms. The Bertz CT molecular complexity index is 553. The Hall–Kier alpha value is -0.670. The van der Waals surface area contributed by atoms with Crippen molar-refractivity contribution in [1.82, 2.24) is 0 Å². The van der Waals surface area contributed by atoms with Crippen LogP contribution in [0.4, 0.5) is 0 Å². The number of fused-ring (bicyclic) bond motifs is 5. The van der Waals surface area contributed by atoms with Gasteiger partial charge < -0.3 is 9.84 Å². The summed E-state index contributed by atoms with van der Waals surface area (Å²) in [4.78, 5) is 12.5. The van der Waals surface area contributed by atoms with E-state index in [1.807, 2.05) is 0 Å². The van der Waals surface area contributed by atoms with Crippen LogP contribution in [-0.4, -0.2) is 30.2 Å².